The number of nitrogens with one attached hydrogen (secondary N) is 2. The van der Waals surface area contributed by atoms with Gasteiger partial charge in [0.15, 0.2) is 0 Å². The zero-order chi connectivity index (χ0) is 16.9. The molecule has 5 nitrogen and oxygen atoms in total. The summed E-state index contributed by atoms with van der Waals surface area (Å²) < 4.78 is 5.38. The van der Waals surface area contributed by atoms with Crippen LogP contribution in [0.1, 0.15) is 29.7 Å². The lowest BCUT2D eigenvalue weighted by atomic mass is 10.1. The van der Waals surface area contributed by atoms with E-state index in [1.54, 1.807) is 0 Å². The molecule has 0 aromatic heterocycles. The third-order valence-electron chi connectivity index (χ3n) is 4.15. The fourth-order valence-corrected chi connectivity index (χ4v) is 3.02. The van der Waals surface area contributed by atoms with Crippen molar-refractivity contribution < 1.29 is 14.6 Å². The summed E-state index contributed by atoms with van der Waals surface area (Å²) in [5, 5.41) is 15.9. The average Bonchev–Trinajstić information content (AvgIpc) is 2.89. The maximum Gasteiger partial charge on any atom is 0.319 e. The molecule has 24 heavy (non-hydrogen) atoms. The molecule has 3 rings (SSSR count). The topological polar surface area (TPSA) is 70.6 Å². The van der Waals surface area contributed by atoms with E-state index in [1.807, 2.05) is 55.5 Å². The second-order valence-electron chi connectivity index (χ2n) is 5.88. The van der Waals surface area contributed by atoms with Gasteiger partial charge in [0.1, 0.15) is 0 Å². The fourth-order valence-electron chi connectivity index (χ4n) is 3.02. The molecule has 1 aliphatic carbocycles. The Balaban J connectivity index is 1.64. The minimum absolute atomic E-state index is 0.329. The van der Waals surface area contributed by atoms with Crippen molar-refractivity contribution in [1.82, 2.24) is 5.32 Å². The molecule has 1 aliphatic rings. The number of urea groups is 1. The highest BCUT2D eigenvalue weighted by atomic mass is 16.5. The van der Waals surface area contributed by atoms with Crippen LogP contribution in [0.2, 0.25) is 0 Å². The zero-order valence-electron chi connectivity index (χ0n) is 13.7. The van der Waals surface area contributed by atoms with Crippen LogP contribution >= 0.6 is 0 Å². The van der Waals surface area contributed by atoms with Gasteiger partial charge < -0.3 is 20.5 Å². The van der Waals surface area contributed by atoms with Gasteiger partial charge in [-0.15, -0.1) is 0 Å². The summed E-state index contributed by atoms with van der Waals surface area (Å²) in [6.07, 6.45) is -0.0391. The number of anilines is 1. The lowest BCUT2D eigenvalue weighted by Gasteiger charge is -2.18. The van der Waals surface area contributed by atoms with Gasteiger partial charge in [-0.1, -0.05) is 36.4 Å². The van der Waals surface area contributed by atoms with E-state index in [0.717, 1.165) is 16.7 Å². The molecule has 0 spiro atoms. The molecule has 0 radical (unpaired) electrons. The van der Waals surface area contributed by atoms with Gasteiger partial charge in [-0.3, -0.25) is 0 Å². The van der Waals surface area contributed by atoms with Crippen molar-refractivity contribution in [2.45, 2.75) is 32.1 Å². The standard InChI is InChI=1S/C19H22N2O3/c1-2-24-12-13-6-5-8-15(10-13)20-19(23)21-18-16-9-4-3-7-14(16)11-17(18)22/h3-10,17-18,22H,2,11-12H2,1H3,(H2,20,21,23)/t17-,18+/m0/s1. The summed E-state index contributed by atoms with van der Waals surface area (Å²) in [6, 6.07) is 14.6. The fraction of sp³-hybridized carbons (Fsp3) is 0.316. The first-order valence-electron chi connectivity index (χ1n) is 8.17. The number of fused-ring (bicyclic) bond motifs is 1. The Kier molecular flexibility index (Phi) is 5.13. The molecule has 0 heterocycles. The molecule has 2 atom stereocenters. The number of hydrogen-bond acceptors (Lipinski definition) is 3. The molecule has 0 bridgehead atoms. The highest BCUT2D eigenvalue weighted by Crippen LogP contribution is 2.31. The van der Waals surface area contributed by atoms with Crippen LogP contribution in [0.5, 0.6) is 0 Å². The second-order valence-corrected chi connectivity index (χ2v) is 5.88. The van der Waals surface area contributed by atoms with E-state index in [0.29, 0.717) is 25.3 Å². The van der Waals surface area contributed by atoms with Crippen molar-refractivity contribution in [3.63, 3.8) is 0 Å². The van der Waals surface area contributed by atoms with Crippen LogP contribution in [-0.4, -0.2) is 23.8 Å². The summed E-state index contributed by atoms with van der Waals surface area (Å²) in [4.78, 5) is 12.3. The lowest BCUT2D eigenvalue weighted by Crippen LogP contribution is -2.36. The van der Waals surface area contributed by atoms with E-state index < -0.39 is 6.10 Å². The van der Waals surface area contributed by atoms with Gasteiger partial charge >= 0.3 is 6.03 Å². The lowest BCUT2D eigenvalue weighted by molar-refractivity contribution is 0.134. The Bertz CT molecular complexity index is 717. The number of carbonyl (C=O) groups is 1. The Morgan fingerprint density at radius 2 is 2.08 bits per heavy atom. The molecule has 0 aliphatic heterocycles. The van der Waals surface area contributed by atoms with E-state index in [1.165, 1.54) is 0 Å². The van der Waals surface area contributed by atoms with E-state index in [4.69, 9.17) is 4.74 Å². The molecule has 2 aromatic rings. The molecule has 2 aromatic carbocycles. The third-order valence-corrected chi connectivity index (χ3v) is 4.15. The SMILES string of the molecule is CCOCc1cccc(NC(=O)N[C@@H]2c3ccccc3C[C@@H]2O)c1. The predicted molar refractivity (Wildman–Crippen MR) is 92.8 cm³/mol. The minimum Gasteiger partial charge on any atom is -0.390 e. The van der Waals surface area contributed by atoms with Gasteiger partial charge in [0, 0.05) is 18.7 Å². The van der Waals surface area contributed by atoms with Crippen LogP contribution in [0.3, 0.4) is 0 Å². The molecule has 0 fully saturated rings. The largest absolute Gasteiger partial charge is 0.390 e. The van der Waals surface area contributed by atoms with Gasteiger partial charge in [0.25, 0.3) is 0 Å². The van der Waals surface area contributed by atoms with Crippen molar-refractivity contribution >= 4 is 11.7 Å². The van der Waals surface area contributed by atoms with Crippen molar-refractivity contribution in [2.24, 2.45) is 0 Å². The van der Waals surface area contributed by atoms with Crippen LogP contribution in [0.25, 0.3) is 0 Å². The van der Waals surface area contributed by atoms with Gasteiger partial charge in [-0.2, -0.15) is 0 Å². The maximum absolute atomic E-state index is 12.3. The highest BCUT2D eigenvalue weighted by Gasteiger charge is 2.31. The Morgan fingerprint density at radius 3 is 2.92 bits per heavy atom. The van der Waals surface area contributed by atoms with E-state index >= 15 is 0 Å². The van der Waals surface area contributed by atoms with Crippen LogP contribution in [-0.2, 0) is 17.8 Å². The first-order valence-corrected chi connectivity index (χ1v) is 8.17. The van der Waals surface area contributed by atoms with Crippen molar-refractivity contribution in [2.75, 3.05) is 11.9 Å². The molecule has 126 valence electrons. The summed E-state index contributed by atoms with van der Waals surface area (Å²) in [7, 11) is 0. The monoisotopic (exact) mass is 326 g/mol. The Labute approximate surface area is 141 Å². The smallest absolute Gasteiger partial charge is 0.319 e. The quantitative estimate of drug-likeness (QED) is 0.791. The van der Waals surface area contributed by atoms with Crippen molar-refractivity contribution in [3.05, 3.63) is 65.2 Å². The highest BCUT2D eigenvalue weighted by molar-refractivity contribution is 5.89. The zero-order valence-corrected chi connectivity index (χ0v) is 13.7. The number of benzene rings is 2. The number of rotatable bonds is 5. The normalized spacial score (nSPS) is 18.9. The molecule has 0 saturated carbocycles. The summed E-state index contributed by atoms with van der Waals surface area (Å²) >= 11 is 0. The summed E-state index contributed by atoms with van der Waals surface area (Å²) in [5.41, 5.74) is 3.76. The first-order chi connectivity index (χ1) is 11.7. The number of hydrogen-bond donors (Lipinski definition) is 3. The Hall–Kier alpha value is -2.37. The summed E-state index contributed by atoms with van der Waals surface area (Å²) in [6.45, 7) is 3.11. The van der Waals surface area contributed by atoms with Gasteiger partial charge in [0.05, 0.1) is 18.8 Å². The van der Waals surface area contributed by atoms with Crippen LogP contribution in [0.15, 0.2) is 48.5 Å². The molecule has 2 amide bonds. The van der Waals surface area contributed by atoms with Crippen LogP contribution in [0.4, 0.5) is 10.5 Å². The van der Waals surface area contributed by atoms with Crippen LogP contribution < -0.4 is 10.6 Å². The number of ether oxygens (including phenoxy) is 1. The Morgan fingerprint density at radius 1 is 1.25 bits per heavy atom. The molecule has 5 heteroatoms. The number of aliphatic hydroxyl groups is 1. The van der Waals surface area contributed by atoms with Crippen molar-refractivity contribution in [3.8, 4) is 0 Å². The minimum atomic E-state index is -0.600. The van der Waals surface area contributed by atoms with E-state index in [-0.39, 0.29) is 12.1 Å². The molecular weight excluding hydrogens is 304 g/mol. The van der Waals surface area contributed by atoms with Crippen molar-refractivity contribution in [1.29, 1.82) is 0 Å². The van der Waals surface area contributed by atoms with E-state index in [2.05, 4.69) is 10.6 Å². The molecule has 3 N–H and O–H groups in total. The van der Waals surface area contributed by atoms with Gasteiger partial charge in [-0.25, -0.2) is 4.79 Å². The first kappa shape index (κ1) is 16.5. The van der Waals surface area contributed by atoms with E-state index in [9.17, 15) is 9.90 Å². The molecule has 0 saturated heterocycles. The van der Waals surface area contributed by atoms with Gasteiger partial charge in [-0.05, 0) is 35.7 Å². The number of carbonyl (C=O) groups excluding carboxylic acids is 1. The summed E-state index contributed by atoms with van der Waals surface area (Å²) in [5.74, 6) is 0. The molecular formula is C19H22N2O3. The second kappa shape index (κ2) is 7.47. The van der Waals surface area contributed by atoms with Gasteiger partial charge in [0.2, 0.25) is 0 Å². The predicted octanol–water partition coefficient (Wildman–Crippen LogP) is 3.00. The third kappa shape index (κ3) is 3.75. The number of aliphatic hydroxyl groups excluding tert-OH is 1. The number of amides is 2. The maximum atomic E-state index is 12.3. The van der Waals surface area contributed by atoms with Crippen LogP contribution in [0, 0.1) is 0 Å². The molecule has 0 unspecified atom stereocenters. The average molecular weight is 326 g/mol.